The Labute approximate surface area is 158 Å². The summed E-state index contributed by atoms with van der Waals surface area (Å²) in [6, 6.07) is 11.4. The van der Waals surface area contributed by atoms with E-state index in [4.69, 9.17) is 5.11 Å². The molecule has 0 unspecified atom stereocenters. The lowest BCUT2D eigenvalue weighted by molar-refractivity contribution is -0.137. The number of anilines is 1. The first-order valence-corrected chi connectivity index (χ1v) is 9.88. The van der Waals surface area contributed by atoms with Crippen LogP contribution in [0.3, 0.4) is 0 Å². The summed E-state index contributed by atoms with van der Waals surface area (Å²) in [5, 5.41) is 11.2. The molecule has 0 aliphatic heterocycles. The number of aryl methyl sites for hydroxylation is 2. The number of aliphatic carboxylic acids is 1. The third-order valence-electron chi connectivity index (χ3n) is 3.90. The fourth-order valence-corrected chi connectivity index (χ4v) is 3.91. The van der Waals surface area contributed by atoms with E-state index in [9.17, 15) is 18.0 Å². The predicted octanol–water partition coefficient (Wildman–Crippen LogP) is 2.70. The normalized spacial score (nSPS) is 11.0. The van der Waals surface area contributed by atoms with Crippen LogP contribution in [0.4, 0.5) is 5.69 Å². The van der Waals surface area contributed by atoms with Gasteiger partial charge in [0.1, 0.15) is 0 Å². The standard InChI is InChI=1S/C19H22N2O5S/c1-13-9-10-14(2)17(12-13)27(25,26)21-16-7-4-3-6-15(16)19(24)20-11-5-8-18(22)23/h3-4,6-7,9-10,12,21H,5,8,11H2,1-2H3,(H,20,24)(H,22,23). The third-order valence-corrected chi connectivity index (χ3v) is 5.41. The van der Waals surface area contributed by atoms with Gasteiger partial charge in [-0.3, -0.25) is 14.3 Å². The van der Waals surface area contributed by atoms with Crippen molar-refractivity contribution in [1.29, 1.82) is 0 Å². The summed E-state index contributed by atoms with van der Waals surface area (Å²) in [4.78, 5) is 23.0. The zero-order valence-corrected chi connectivity index (χ0v) is 16.0. The van der Waals surface area contributed by atoms with Gasteiger partial charge in [0.25, 0.3) is 15.9 Å². The number of carbonyl (C=O) groups excluding carboxylic acids is 1. The zero-order chi connectivity index (χ0) is 20.0. The van der Waals surface area contributed by atoms with Gasteiger partial charge in [-0.05, 0) is 49.6 Å². The lowest BCUT2D eigenvalue weighted by Crippen LogP contribution is -2.26. The van der Waals surface area contributed by atoms with Crippen molar-refractivity contribution in [1.82, 2.24) is 5.32 Å². The molecule has 0 fully saturated rings. The molecule has 27 heavy (non-hydrogen) atoms. The fourth-order valence-electron chi connectivity index (χ4n) is 2.50. The number of para-hydroxylation sites is 1. The van der Waals surface area contributed by atoms with Crippen LogP contribution in [0.1, 0.15) is 34.3 Å². The molecule has 144 valence electrons. The monoisotopic (exact) mass is 390 g/mol. The predicted molar refractivity (Wildman–Crippen MR) is 102 cm³/mol. The molecule has 0 aliphatic carbocycles. The van der Waals surface area contributed by atoms with E-state index in [0.717, 1.165) is 5.56 Å². The molecule has 0 atom stereocenters. The average molecular weight is 390 g/mol. The molecule has 8 heteroatoms. The first-order chi connectivity index (χ1) is 12.7. The second kappa shape index (κ2) is 8.68. The van der Waals surface area contributed by atoms with Gasteiger partial charge in [-0.2, -0.15) is 0 Å². The van der Waals surface area contributed by atoms with E-state index < -0.39 is 21.9 Å². The van der Waals surface area contributed by atoms with E-state index in [1.54, 1.807) is 38.1 Å². The number of amides is 1. The number of carbonyl (C=O) groups is 2. The largest absolute Gasteiger partial charge is 0.481 e. The summed E-state index contributed by atoms with van der Waals surface area (Å²) in [7, 11) is -3.87. The quantitative estimate of drug-likeness (QED) is 0.600. The molecule has 0 aliphatic rings. The smallest absolute Gasteiger partial charge is 0.303 e. The number of hydrogen-bond acceptors (Lipinski definition) is 4. The Bertz CT molecular complexity index is 954. The number of carboxylic acids is 1. The molecular weight excluding hydrogens is 368 g/mol. The first-order valence-electron chi connectivity index (χ1n) is 8.40. The van der Waals surface area contributed by atoms with Crippen LogP contribution < -0.4 is 10.0 Å². The fraction of sp³-hybridized carbons (Fsp3) is 0.263. The van der Waals surface area contributed by atoms with Gasteiger partial charge in [0.2, 0.25) is 0 Å². The maximum Gasteiger partial charge on any atom is 0.303 e. The minimum Gasteiger partial charge on any atom is -0.481 e. The number of rotatable bonds is 8. The molecule has 0 heterocycles. The highest BCUT2D eigenvalue weighted by Crippen LogP contribution is 2.23. The summed E-state index contributed by atoms with van der Waals surface area (Å²) in [5.74, 6) is -1.41. The van der Waals surface area contributed by atoms with Crippen LogP contribution in [-0.4, -0.2) is 31.9 Å². The highest BCUT2D eigenvalue weighted by molar-refractivity contribution is 7.92. The maximum absolute atomic E-state index is 12.8. The average Bonchev–Trinajstić information content (AvgIpc) is 2.60. The van der Waals surface area contributed by atoms with Crippen LogP contribution in [0.25, 0.3) is 0 Å². The molecule has 0 radical (unpaired) electrons. The Morgan fingerprint density at radius 3 is 2.48 bits per heavy atom. The molecule has 2 aromatic carbocycles. The number of benzene rings is 2. The zero-order valence-electron chi connectivity index (χ0n) is 15.2. The van der Waals surface area contributed by atoms with Crippen LogP contribution >= 0.6 is 0 Å². The van der Waals surface area contributed by atoms with E-state index in [1.165, 1.54) is 12.1 Å². The second-order valence-corrected chi connectivity index (χ2v) is 7.82. The molecule has 3 N–H and O–H groups in total. The van der Waals surface area contributed by atoms with Crippen molar-refractivity contribution in [2.45, 2.75) is 31.6 Å². The van der Waals surface area contributed by atoms with Crippen LogP contribution in [-0.2, 0) is 14.8 Å². The van der Waals surface area contributed by atoms with Crippen molar-refractivity contribution in [3.63, 3.8) is 0 Å². The Morgan fingerprint density at radius 1 is 1.07 bits per heavy atom. The minimum absolute atomic E-state index is 0.0544. The van der Waals surface area contributed by atoms with E-state index in [-0.39, 0.29) is 35.5 Å². The number of sulfonamides is 1. The Kier molecular flexibility index (Phi) is 6.57. The summed E-state index contributed by atoms with van der Waals surface area (Å²) in [5.41, 5.74) is 1.74. The van der Waals surface area contributed by atoms with Gasteiger partial charge >= 0.3 is 5.97 Å². The second-order valence-electron chi connectivity index (χ2n) is 6.17. The number of carboxylic acid groups (broad SMARTS) is 1. The molecule has 0 spiro atoms. The highest BCUT2D eigenvalue weighted by atomic mass is 32.2. The van der Waals surface area contributed by atoms with Crippen molar-refractivity contribution >= 4 is 27.6 Å². The van der Waals surface area contributed by atoms with Crippen molar-refractivity contribution in [2.24, 2.45) is 0 Å². The topological polar surface area (TPSA) is 113 Å². The molecule has 1 amide bonds. The van der Waals surface area contributed by atoms with E-state index >= 15 is 0 Å². The van der Waals surface area contributed by atoms with E-state index in [2.05, 4.69) is 10.0 Å². The van der Waals surface area contributed by atoms with Gasteiger partial charge in [-0.15, -0.1) is 0 Å². The molecule has 0 saturated carbocycles. The van der Waals surface area contributed by atoms with Crippen LogP contribution in [0, 0.1) is 13.8 Å². The molecular formula is C19H22N2O5S. The van der Waals surface area contributed by atoms with Gasteiger partial charge in [0.05, 0.1) is 16.1 Å². The summed E-state index contributed by atoms with van der Waals surface area (Å²) >= 11 is 0. The lowest BCUT2D eigenvalue weighted by atomic mass is 10.1. The van der Waals surface area contributed by atoms with Crippen molar-refractivity contribution < 1.29 is 23.1 Å². The Balaban J connectivity index is 2.21. The van der Waals surface area contributed by atoms with Gasteiger partial charge < -0.3 is 10.4 Å². The van der Waals surface area contributed by atoms with Gasteiger partial charge in [0, 0.05) is 13.0 Å². The number of nitrogens with one attached hydrogen (secondary N) is 2. The first kappa shape index (κ1) is 20.4. The summed E-state index contributed by atoms with van der Waals surface area (Å²) < 4.78 is 28.0. The van der Waals surface area contributed by atoms with Crippen LogP contribution in [0.2, 0.25) is 0 Å². The third kappa shape index (κ3) is 5.55. The van der Waals surface area contributed by atoms with Crippen LogP contribution in [0.5, 0.6) is 0 Å². The van der Waals surface area contributed by atoms with Crippen molar-refractivity contribution in [3.8, 4) is 0 Å². The molecule has 2 aromatic rings. The molecule has 0 aromatic heterocycles. The molecule has 0 saturated heterocycles. The van der Waals surface area contributed by atoms with Crippen molar-refractivity contribution in [2.75, 3.05) is 11.3 Å². The molecule has 0 bridgehead atoms. The summed E-state index contributed by atoms with van der Waals surface area (Å²) in [6.07, 6.45) is 0.235. The van der Waals surface area contributed by atoms with Crippen molar-refractivity contribution in [3.05, 3.63) is 59.2 Å². The van der Waals surface area contributed by atoms with Gasteiger partial charge in [-0.25, -0.2) is 8.42 Å². The van der Waals surface area contributed by atoms with E-state index in [0.29, 0.717) is 5.56 Å². The minimum atomic E-state index is -3.87. The summed E-state index contributed by atoms with van der Waals surface area (Å²) in [6.45, 7) is 3.69. The highest BCUT2D eigenvalue weighted by Gasteiger charge is 2.20. The SMILES string of the molecule is Cc1ccc(C)c(S(=O)(=O)Nc2ccccc2C(=O)NCCCC(=O)O)c1. The molecule has 2 rings (SSSR count). The maximum atomic E-state index is 12.8. The van der Waals surface area contributed by atoms with Gasteiger partial charge in [0.15, 0.2) is 0 Å². The van der Waals surface area contributed by atoms with Crippen LogP contribution in [0.15, 0.2) is 47.4 Å². The lowest BCUT2D eigenvalue weighted by Gasteiger charge is -2.14. The van der Waals surface area contributed by atoms with Gasteiger partial charge in [-0.1, -0.05) is 24.3 Å². The molecule has 7 nitrogen and oxygen atoms in total. The Morgan fingerprint density at radius 2 is 1.78 bits per heavy atom. The van der Waals surface area contributed by atoms with E-state index in [1.807, 2.05) is 6.07 Å². The Hall–Kier alpha value is -2.87. The number of hydrogen-bond donors (Lipinski definition) is 3.